The fourth-order valence-corrected chi connectivity index (χ4v) is 3.86. The molecule has 1 nitrogen and oxygen atoms in total. The van der Waals surface area contributed by atoms with Crippen molar-refractivity contribution in [1.82, 2.24) is 4.90 Å². The summed E-state index contributed by atoms with van der Waals surface area (Å²) >= 11 is 0. The standard InChI is InChI=1S/C13H25N/c1-10(2)13-7-5-6-12(8-13)9-14(13)11(3)4/h10-12H,5-9H2,1-4H3. The van der Waals surface area contributed by atoms with Crippen LogP contribution in [0.5, 0.6) is 0 Å². The molecule has 0 aromatic rings. The Balaban J connectivity index is 2.25. The second-order valence-corrected chi connectivity index (χ2v) is 5.97. The lowest BCUT2D eigenvalue weighted by molar-refractivity contribution is 0.0476. The van der Waals surface area contributed by atoms with E-state index in [9.17, 15) is 0 Å². The Labute approximate surface area is 88.9 Å². The van der Waals surface area contributed by atoms with Crippen LogP contribution in [-0.4, -0.2) is 23.0 Å². The van der Waals surface area contributed by atoms with Gasteiger partial charge in [0.1, 0.15) is 0 Å². The van der Waals surface area contributed by atoms with Crippen molar-refractivity contribution < 1.29 is 0 Å². The van der Waals surface area contributed by atoms with Crippen LogP contribution in [-0.2, 0) is 0 Å². The molecule has 1 heteroatoms. The van der Waals surface area contributed by atoms with Gasteiger partial charge in [0, 0.05) is 18.1 Å². The molecule has 1 heterocycles. The molecule has 1 aliphatic carbocycles. The highest BCUT2D eigenvalue weighted by Gasteiger charge is 2.50. The molecule has 2 unspecified atom stereocenters. The fraction of sp³-hybridized carbons (Fsp3) is 1.00. The topological polar surface area (TPSA) is 3.24 Å². The number of hydrogen-bond donors (Lipinski definition) is 0. The van der Waals surface area contributed by atoms with Gasteiger partial charge in [0.05, 0.1) is 0 Å². The monoisotopic (exact) mass is 195 g/mol. The first-order chi connectivity index (χ1) is 6.56. The fourth-order valence-electron chi connectivity index (χ4n) is 3.86. The first-order valence-electron chi connectivity index (χ1n) is 6.33. The van der Waals surface area contributed by atoms with Gasteiger partial charge < -0.3 is 0 Å². The third-order valence-corrected chi connectivity index (χ3v) is 4.59. The van der Waals surface area contributed by atoms with E-state index < -0.39 is 0 Å². The smallest absolute Gasteiger partial charge is 0.0238 e. The molecule has 0 spiro atoms. The van der Waals surface area contributed by atoms with Crippen molar-refractivity contribution in [3.63, 3.8) is 0 Å². The van der Waals surface area contributed by atoms with Crippen molar-refractivity contribution in [3.8, 4) is 0 Å². The number of nitrogens with zero attached hydrogens (tertiary/aromatic N) is 1. The molecule has 1 aliphatic heterocycles. The van der Waals surface area contributed by atoms with Crippen LogP contribution >= 0.6 is 0 Å². The molecule has 14 heavy (non-hydrogen) atoms. The highest BCUT2D eigenvalue weighted by molar-refractivity contribution is 5.04. The maximum absolute atomic E-state index is 2.80. The van der Waals surface area contributed by atoms with Gasteiger partial charge in [-0.3, -0.25) is 4.90 Å². The summed E-state index contributed by atoms with van der Waals surface area (Å²) in [5.74, 6) is 1.84. The van der Waals surface area contributed by atoms with E-state index >= 15 is 0 Å². The van der Waals surface area contributed by atoms with Gasteiger partial charge in [-0.2, -0.15) is 0 Å². The normalized spacial score (nSPS) is 38.6. The van der Waals surface area contributed by atoms with Gasteiger partial charge in [-0.25, -0.2) is 0 Å². The molecular formula is C13H25N. The molecule has 0 aromatic heterocycles. The zero-order valence-corrected chi connectivity index (χ0v) is 10.2. The number of fused-ring (bicyclic) bond motifs is 2. The van der Waals surface area contributed by atoms with Crippen molar-refractivity contribution in [2.24, 2.45) is 11.8 Å². The largest absolute Gasteiger partial charge is 0.295 e. The molecule has 1 saturated carbocycles. The van der Waals surface area contributed by atoms with Gasteiger partial charge in [0.2, 0.25) is 0 Å². The van der Waals surface area contributed by atoms with Crippen molar-refractivity contribution in [1.29, 1.82) is 0 Å². The van der Waals surface area contributed by atoms with Crippen molar-refractivity contribution in [2.75, 3.05) is 6.54 Å². The Hall–Kier alpha value is -0.0400. The molecule has 2 atom stereocenters. The van der Waals surface area contributed by atoms with Crippen LogP contribution in [0, 0.1) is 11.8 Å². The average Bonchev–Trinajstić information content (AvgIpc) is 2.39. The summed E-state index contributed by atoms with van der Waals surface area (Å²) in [5.41, 5.74) is 0.567. The van der Waals surface area contributed by atoms with E-state index in [4.69, 9.17) is 0 Å². The van der Waals surface area contributed by atoms with E-state index in [1.54, 1.807) is 0 Å². The first kappa shape index (κ1) is 10.5. The van der Waals surface area contributed by atoms with E-state index in [-0.39, 0.29) is 0 Å². The van der Waals surface area contributed by atoms with Gasteiger partial charge in [-0.1, -0.05) is 20.3 Å². The lowest BCUT2D eigenvalue weighted by Gasteiger charge is -2.45. The van der Waals surface area contributed by atoms with E-state index in [0.717, 1.165) is 17.9 Å². The van der Waals surface area contributed by atoms with Crippen LogP contribution in [0.3, 0.4) is 0 Å². The average molecular weight is 195 g/mol. The highest BCUT2D eigenvalue weighted by Crippen LogP contribution is 2.48. The maximum Gasteiger partial charge on any atom is 0.0238 e. The Morgan fingerprint density at radius 3 is 2.50 bits per heavy atom. The molecule has 82 valence electrons. The van der Waals surface area contributed by atoms with Gasteiger partial charge in [-0.05, 0) is 44.9 Å². The van der Waals surface area contributed by atoms with E-state index in [0.29, 0.717) is 5.54 Å². The van der Waals surface area contributed by atoms with Crippen molar-refractivity contribution in [2.45, 2.75) is 65.0 Å². The lowest BCUT2D eigenvalue weighted by Crippen LogP contribution is -2.51. The molecule has 0 amide bonds. The minimum atomic E-state index is 0.567. The van der Waals surface area contributed by atoms with E-state index in [2.05, 4.69) is 32.6 Å². The summed E-state index contributed by atoms with van der Waals surface area (Å²) in [6.45, 7) is 10.9. The van der Waals surface area contributed by atoms with Crippen LogP contribution in [0.1, 0.15) is 53.4 Å². The van der Waals surface area contributed by atoms with Crippen LogP contribution in [0.2, 0.25) is 0 Å². The first-order valence-corrected chi connectivity index (χ1v) is 6.33. The van der Waals surface area contributed by atoms with Crippen LogP contribution in [0.15, 0.2) is 0 Å². The molecule has 2 fully saturated rings. The van der Waals surface area contributed by atoms with E-state index in [1.807, 2.05) is 0 Å². The summed E-state index contributed by atoms with van der Waals surface area (Å²) in [5, 5.41) is 0. The zero-order valence-electron chi connectivity index (χ0n) is 10.2. The second kappa shape index (κ2) is 3.52. The zero-order chi connectivity index (χ0) is 10.3. The summed E-state index contributed by atoms with van der Waals surface area (Å²) in [7, 11) is 0. The molecule has 2 rings (SSSR count). The summed E-state index contributed by atoms with van der Waals surface area (Å²) < 4.78 is 0. The highest BCUT2D eigenvalue weighted by atomic mass is 15.3. The third-order valence-electron chi connectivity index (χ3n) is 4.59. The van der Waals surface area contributed by atoms with Crippen LogP contribution in [0.25, 0.3) is 0 Å². The SMILES string of the molecule is CC(C)N1CC2CCCC1(C(C)C)C2. The Morgan fingerprint density at radius 1 is 1.21 bits per heavy atom. The summed E-state index contributed by atoms with van der Waals surface area (Å²) in [6, 6.07) is 0.737. The number of likely N-dealkylation sites (tertiary alicyclic amines) is 1. The van der Waals surface area contributed by atoms with Gasteiger partial charge in [-0.15, -0.1) is 0 Å². The molecule has 0 N–H and O–H groups in total. The predicted molar refractivity (Wildman–Crippen MR) is 61.4 cm³/mol. The summed E-state index contributed by atoms with van der Waals surface area (Å²) in [6.07, 6.45) is 5.87. The lowest BCUT2D eigenvalue weighted by atomic mass is 9.73. The Morgan fingerprint density at radius 2 is 1.93 bits per heavy atom. The van der Waals surface area contributed by atoms with Gasteiger partial charge in [0.25, 0.3) is 0 Å². The Bertz CT molecular complexity index is 209. The minimum absolute atomic E-state index is 0.567. The van der Waals surface area contributed by atoms with Gasteiger partial charge >= 0.3 is 0 Å². The molecule has 2 aliphatic rings. The second-order valence-electron chi connectivity index (χ2n) is 5.97. The minimum Gasteiger partial charge on any atom is -0.295 e. The summed E-state index contributed by atoms with van der Waals surface area (Å²) in [4.78, 5) is 2.80. The quantitative estimate of drug-likeness (QED) is 0.653. The van der Waals surface area contributed by atoms with Crippen molar-refractivity contribution >= 4 is 0 Å². The van der Waals surface area contributed by atoms with E-state index in [1.165, 1.54) is 32.2 Å². The van der Waals surface area contributed by atoms with Crippen LogP contribution < -0.4 is 0 Å². The molecule has 2 bridgehead atoms. The molecule has 0 aromatic carbocycles. The maximum atomic E-state index is 2.80. The van der Waals surface area contributed by atoms with Crippen molar-refractivity contribution in [3.05, 3.63) is 0 Å². The van der Waals surface area contributed by atoms with Gasteiger partial charge in [0.15, 0.2) is 0 Å². The van der Waals surface area contributed by atoms with Crippen LogP contribution in [0.4, 0.5) is 0 Å². The Kier molecular flexibility index (Phi) is 2.63. The molecular weight excluding hydrogens is 170 g/mol. The predicted octanol–water partition coefficient (Wildman–Crippen LogP) is 3.30. The number of hydrogen-bond acceptors (Lipinski definition) is 1. The third kappa shape index (κ3) is 1.41. The molecule has 1 saturated heterocycles. The number of rotatable bonds is 2. The molecule has 0 radical (unpaired) electrons.